The number of amides is 1. The highest BCUT2D eigenvalue weighted by molar-refractivity contribution is 5.90. The highest BCUT2D eigenvalue weighted by atomic mass is 16.3. The standard InChI is InChI=1S/C28H34N8O2/c1-17(37)23-13-19-14-29-28(33-26(19)27(31-23)36-20-4-5-21(36)7-6-20)32-24-8-3-18-15-35(12-9-22(18)30-24)25(38)16-34-10-2-11-34/h3,8,13-14,17,20-21,37H,2,4-7,9-12,15-16H2,1H3,(H,29,30,32,33)/t17-,20?,21?/m1/s1. The Hall–Kier alpha value is -3.37. The Bertz CT molecular complexity index is 1370. The summed E-state index contributed by atoms with van der Waals surface area (Å²) in [5, 5.41) is 14.5. The number of pyridine rings is 2. The molecule has 3 saturated heterocycles. The zero-order valence-electron chi connectivity index (χ0n) is 21.8. The predicted octanol–water partition coefficient (Wildman–Crippen LogP) is 2.94. The van der Waals surface area contributed by atoms with Crippen molar-refractivity contribution in [3.8, 4) is 0 Å². The van der Waals surface area contributed by atoms with Crippen LogP contribution in [-0.4, -0.2) is 79.0 Å². The molecule has 1 amide bonds. The van der Waals surface area contributed by atoms with Crippen LogP contribution in [0.2, 0.25) is 0 Å². The van der Waals surface area contributed by atoms with Crippen molar-refractivity contribution in [2.45, 2.75) is 70.2 Å². The Kier molecular flexibility index (Phi) is 5.89. The van der Waals surface area contributed by atoms with Gasteiger partial charge in [-0.25, -0.2) is 19.9 Å². The number of nitrogens with one attached hydrogen (secondary N) is 1. The molecule has 4 aliphatic rings. The van der Waals surface area contributed by atoms with Crippen LogP contribution in [0.4, 0.5) is 17.6 Å². The third kappa shape index (κ3) is 4.25. The molecule has 4 aliphatic heterocycles. The van der Waals surface area contributed by atoms with E-state index in [1.165, 1.54) is 32.1 Å². The molecule has 0 aromatic carbocycles. The van der Waals surface area contributed by atoms with Gasteiger partial charge in [-0.3, -0.25) is 9.69 Å². The van der Waals surface area contributed by atoms with E-state index < -0.39 is 6.10 Å². The molecule has 10 heteroatoms. The second-order valence-corrected chi connectivity index (χ2v) is 11.2. The summed E-state index contributed by atoms with van der Waals surface area (Å²) in [4.78, 5) is 38.4. The predicted molar refractivity (Wildman–Crippen MR) is 144 cm³/mol. The molecular weight excluding hydrogens is 480 g/mol. The van der Waals surface area contributed by atoms with Crippen LogP contribution in [0.25, 0.3) is 10.9 Å². The van der Waals surface area contributed by atoms with Crippen LogP contribution in [-0.2, 0) is 17.8 Å². The molecule has 3 fully saturated rings. The molecule has 1 atom stereocenters. The van der Waals surface area contributed by atoms with Gasteiger partial charge < -0.3 is 20.2 Å². The number of hydrogen-bond donors (Lipinski definition) is 2. The molecule has 2 N–H and O–H groups in total. The number of likely N-dealkylation sites (tertiary alicyclic amines) is 1. The fourth-order valence-electron chi connectivity index (χ4n) is 6.40. The molecule has 0 spiro atoms. The minimum atomic E-state index is -0.655. The number of aliphatic hydroxyl groups excluding tert-OH is 1. The molecule has 7 heterocycles. The number of carbonyl (C=O) groups is 1. The van der Waals surface area contributed by atoms with Crippen LogP contribution >= 0.6 is 0 Å². The smallest absolute Gasteiger partial charge is 0.237 e. The van der Waals surface area contributed by atoms with Crippen molar-refractivity contribution in [2.75, 3.05) is 36.4 Å². The van der Waals surface area contributed by atoms with Gasteiger partial charge >= 0.3 is 0 Å². The minimum absolute atomic E-state index is 0.205. The lowest BCUT2D eigenvalue weighted by Crippen LogP contribution is -2.47. The number of rotatable bonds is 6. The molecule has 0 radical (unpaired) electrons. The van der Waals surface area contributed by atoms with E-state index in [9.17, 15) is 9.90 Å². The summed E-state index contributed by atoms with van der Waals surface area (Å²) in [6.07, 6.45) is 7.82. The molecule has 10 nitrogen and oxygen atoms in total. The second kappa shape index (κ2) is 9.43. The molecule has 3 aromatic heterocycles. The van der Waals surface area contributed by atoms with Gasteiger partial charge in [0.1, 0.15) is 11.3 Å². The van der Waals surface area contributed by atoms with Crippen molar-refractivity contribution in [2.24, 2.45) is 0 Å². The van der Waals surface area contributed by atoms with Gasteiger partial charge in [-0.1, -0.05) is 6.07 Å². The number of nitrogens with zero attached hydrogens (tertiary/aromatic N) is 7. The number of aromatic nitrogens is 4. The Morgan fingerprint density at radius 1 is 1.11 bits per heavy atom. The van der Waals surface area contributed by atoms with Crippen molar-refractivity contribution in [1.82, 2.24) is 29.7 Å². The fraction of sp³-hybridized carbons (Fsp3) is 0.536. The quantitative estimate of drug-likeness (QED) is 0.513. The van der Waals surface area contributed by atoms with Crippen LogP contribution in [0.5, 0.6) is 0 Å². The summed E-state index contributed by atoms with van der Waals surface area (Å²) in [6.45, 7) is 5.64. The van der Waals surface area contributed by atoms with Crippen molar-refractivity contribution >= 4 is 34.4 Å². The number of carbonyl (C=O) groups excluding carboxylic acids is 1. The van der Waals surface area contributed by atoms with E-state index in [0.29, 0.717) is 49.2 Å². The molecule has 198 valence electrons. The van der Waals surface area contributed by atoms with E-state index in [2.05, 4.69) is 26.2 Å². The van der Waals surface area contributed by atoms with E-state index in [1.54, 1.807) is 13.1 Å². The zero-order chi connectivity index (χ0) is 25.8. The number of anilines is 3. The normalized spacial score (nSPS) is 23.4. The van der Waals surface area contributed by atoms with Crippen LogP contribution in [0.1, 0.15) is 62.1 Å². The van der Waals surface area contributed by atoms with Crippen molar-refractivity contribution in [1.29, 1.82) is 0 Å². The third-order valence-corrected chi connectivity index (χ3v) is 8.64. The molecule has 0 saturated carbocycles. The summed E-state index contributed by atoms with van der Waals surface area (Å²) >= 11 is 0. The lowest BCUT2D eigenvalue weighted by molar-refractivity contribution is -0.134. The second-order valence-electron chi connectivity index (χ2n) is 11.2. The third-order valence-electron chi connectivity index (χ3n) is 8.64. The molecule has 0 unspecified atom stereocenters. The molecule has 3 aromatic rings. The van der Waals surface area contributed by atoms with Crippen molar-refractivity contribution < 1.29 is 9.90 Å². The molecule has 7 rings (SSSR count). The van der Waals surface area contributed by atoms with Gasteiger partial charge in [0, 0.05) is 48.9 Å². The van der Waals surface area contributed by atoms with E-state index in [-0.39, 0.29) is 5.91 Å². The maximum Gasteiger partial charge on any atom is 0.237 e. The summed E-state index contributed by atoms with van der Waals surface area (Å²) in [7, 11) is 0. The molecule has 0 aliphatic carbocycles. The van der Waals surface area contributed by atoms with Crippen molar-refractivity contribution in [3.05, 3.63) is 41.3 Å². The van der Waals surface area contributed by atoms with Gasteiger partial charge in [0.2, 0.25) is 11.9 Å². The fourth-order valence-corrected chi connectivity index (χ4v) is 6.40. The van der Waals surface area contributed by atoms with Crippen molar-refractivity contribution in [3.63, 3.8) is 0 Å². The highest BCUT2D eigenvalue weighted by Crippen LogP contribution is 2.42. The summed E-state index contributed by atoms with van der Waals surface area (Å²) in [5.74, 6) is 2.23. The Balaban J connectivity index is 1.13. The summed E-state index contributed by atoms with van der Waals surface area (Å²) in [5.41, 5.74) is 3.57. The minimum Gasteiger partial charge on any atom is -0.387 e. The Labute approximate surface area is 222 Å². The molecule has 38 heavy (non-hydrogen) atoms. The first kappa shape index (κ1) is 23.7. The van der Waals surface area contributed by atoms with Gasteiger partial charge in [-0.15, -0.1) is 0 Å². The molecular formula is C28H34N8O2. The topological polar surface area (TPSA) is 111 Å². The average molecular weight is 515 g/mol. The first-order chi connectivity index (χ1) is 18.5. The first-order valence-corrected chi connectivity index (χ1v) is 13.9. The van der Waals surface area contributed by atoms with Gasteiger partial charge in [-0.2, -0.15) is 0 Å². The van der Waals surface area contributed by atoms with E-state index >= 15 is 0 Å². The lowest BCUT2D eigenvalue weighted by atomic mass is 10.0. The van der Waals surface area contributed by atoms with Crippen LogP contribution in [0, 0.1) is 0 Å². The van der Waals surface area contributed by atoms with Gasteiger partial charge in [0.05, 0.1) is 18.3 Å². The Morgan fingerprint density at radius 3 is 2.61 bits per heavy atom. The lowest BCUT2D eigenvalue weighted by Gasteiger charge is -2.34. The monoisotopic (exact) mass is 514 g/mol. The van der Waals surface area contributed by atoms with E-state index in [4.69, 9.17) is 15.0 Å². The maximum absolute atomic E-state index is 12.7. The molecule has 2 bridgehead atoms. The first-order valence-electron chi connectivity index (χ1n) is 13.9. The van der Waals surface area contributed by atoms with E-state index in [0.717, 1.165) is 47.5 Å². The Morgan fingerprint density at radius 2 is 1.89 bits per heavy atom. The van der Waals surface area contributed by atoms with Gasteiger partial charge in [0.25, 0.3) is 0 Å². The van der Waals surface area contributed by atoms with E-state index in [1.807, 2.05) is 17.0 Å². The zero-order valence-corrected chi connectivity index (χ0v) is 21.8. The summed E-state index contributed by atoms with van der Waals surface area (Å²) in [6, 6.07) is 6.86. The number of hydrogen-bond acceptors (Lipinski definition) is 9. The SMILES string of the molecule is C[C@@H](O)c1cc2cnc(Nc3ccc4c(n3)CCN(C(=O)CN3CCC3)C4)nc2c(N2C3CCC2CC3)n1. The highest BCUT2D eigenvalue weighted by Gasteiger charge is 2.41. The maximum atomic E-state index is 12.7. The average Bonchev–Trinajstić information content (AvgIpc) is 3.50. The van der Waals surface area contributed by atoms with Gasteiger partial charge in [-0.05, 0) is 69.8 Å². The largest absolute Gasteiger partial charge is 0.387 e. The number of aliphatic hydroxyl groups is 1. The van der Waals surface area contributed by atoms with Gasteiger partial charge in [0.15, 0.2) is 5.82 Å². The van der Waals surface area contributed by atoms with Crippen LogP contribution < -0.4 is 10.2 Å². The summed E-state index contributed by atoms with van der Waals surface area (Å²) < 4.78 is 0. The van der Waals surface area contributed by atoms with Crippen LogP contribution in [0.15, 0.2) is 24.4 Å². The van der Waals surface area contributed by atoms with Crippen LogP contribution in [0.3, 0.4) is 0 Å². The number of fused-ring (bicyclic) bond motifs is 4.